The van der Waals surface area contributed by atoms with Crippen LogP contribution < -0.4 is 5.32 Å². The standard InChI is InChI=1S/C13H17NO4/c1-10(15)13(8-17-9-13)14-12(16)18-7-11-5-3-2-4-6-11/h2-6,10,15H,7-9H2,1H3,(H,14,16). The lowest BCUT2D eigenvalue weighted by molar-refractivity contribution is -0.123. The molecule has 2 N–H and O–H groups in total. The summed E-state index contributed by atoms with van der Waals surface area (Å²) in [6, 6.07) is 9.42. The summed E-state index contributed by atoms with van der Waals surface area (Å²) < 4.78 is 10.1. The van der Waals surface area contributed by atoms with Crippen molar-refractivity contribution in [1.29, 1.82) is 0 Å². The normalized spacial score (nSPS) is 18.6. The molecule has 1 atom stereocenters. The molecule has 1 aliphatic rings. The molecule has 0 bridgehead atoms. The fraction of sp³-hybridized carbons (Fsp3) is 0.462. The van der Waals surface area contributed by atoms with E-state index in [4.69, 9.17) is 9.47 Å². The Morgan fingerprint density at radius 2 is 2.17 bits per heavy atom. The van der Waals surface area contributed by atoms with Gasteiger partial charge in [-0.25, -0.2) is 4.79 Å². The summed E-state index contributed by atoms with van der Waals surface area (Å²) in [7, 11) is 0. The molecule has 1 aromatic rings. The molecule has 1 unspecified atom stereocenters. The Hall–Kier alpha value is -1.59. The monoisotopic (exact) mass is 251 g/mol. The van der Waals surface area contributed by atoms with Gasteiger partial charge in [-0.15, -0.1) is 0 Å². The van der Waals surface area contributed by atoms with Crippen LogP contribution in [0.3, 0.4) is 0 Å². The summed E-state index contributed by atoms with van der Waals surface area (Å²) in [5, 5.41) is 12.3. The molecule has 2 rings (SSSR count). The third kappa shape index (κ3) is 2.80. The van der Waals surface area contributed by atoms with Gasteiger partial charge < -0.3 is 19.9 Å². The first-order valence-electron chi connectivity index (χ1n) is 5.87. The van der Waals surface area contributed by atoms with E-state index in [1.165, 1.54) is 0 Å². The molecule has 5 nitrogen and oxygen atoms in total. The molecule has 1 heterocycles. The molecule has 1 aromatic carbocycles. The number of ether oxygens (including phenoxy) is 2. The average Bonchev–Trinajstić information content (AvgIpc) is 2.32. The summed E-state index contributed by atoms with van der Waals surface area (Å²) in [5.41, 5.74) is 0.219. The molecule has 1 amide bonds. The first kappa shape index (κ1) is 12.9. The van der Waals surface area contributed by atoms with Crippen LogP contribution in [0.15, 0.2) is 30.3 Å². The summed E-state index contributed by atoms with van der Waals surface area (Å²) in [6.45, 7) is 2.46. The van der Waals surface area contributed by atoms with Gasteiger partial charge in [-0.2, -0.15) is 0 Å². The Morgan fingerprint density at radius 3 is 2.67 bits per heavy atom. The van der Waals surface area contributed by atoms with E-state index in [0.29, 0.717) is 13.2 Å². The lowest BCUT2D eigenvalue weighted by Gasteiger charge is -2.43. The van der Waals surface area contributed by atoms with Gasteiger partial charge in [0, 0.05) is 0 Å². The number of aliphatic hydroxyl groups excluding tert-OH is 1. The minimum absolute atomic E-state index is 0.212. The van der Waals surface area contributed by atoms with E-state index >= 15 is 0 Å². The Kier molecular flexibility index (Phi) is 3.84. The van der Waals surface area contributed by atoms with Crippen molar-refractivity contribution in [3.05, 3.63) is 35.9 Å². The molecular formula is C13H17NO4. The van der Waals surface area contributed by atoms with Crippen molar-refractivity contribution < 1.29 is 19.4 Å². The number of hydrogen-bond acceptors (Lipinski definition) is 4. The van der Waals surface area contributed by atoms with Crippen LogP contribution in [-0.4, -0.2) is 36.1 Å². The Bertz CT molecular complexity index is 401. The summed E-state index contributed by atoms with van der Waals surface area (Å²) in [5.74, 6) is 0. The van der Waals surface area contributed by atoms with Crippen molar-refractivity contribution in [2.24, 2.45) is 0 Å². The van der Waals surface area contributed by atoms with E-state index in [0.717, 1.165) is 5.56 Å². The molecule has 0 spiro atoms. The number of amides is 1. The lowest BCUT2D eigenvalue weighted by atomic mass is 9.91. The van der Waals surface area contributed by atoms with Crippen LogP contribution in [0.2, 0.25) is 0 Å². The molecule has 1 fully saturated rings. The van der Waals surface area contributed by atoms with Gasteiger partial charge in [-0.05, 0) is 12.5 Å². The van der Waals surface area contributed by atoms with Crippen molar-refractivity contribution in [2.75, 3.05) is 13.2 Å². The van der Waals surface area contributed by atoms with Gasteiger partial charge >= 0.3 is 6.09 Å². The van der Waals surface area contributed by atoms with Crippen molar-refractivity contribution in [1.82, 2.24) is 5.32 Å². The number of carbonyl (C=O) groups is 1. The van der Waals surface area contributed by atoms with Gasteiger partial charge in [-0.3, -0.25) is 0 Å². The number of carbonyl (C=O) groups excluding carboxylic acids is 1. The van der Waals surface area contributed by atoms with Gasteiger partial charge in [0.25, 0.3) is 0 Å². The highest BCUT2D eigenvalue weighted by Gasteiger charge is 2.44. The summed E-state index contributed by atoms with van der Waals surface area (Å²) >= 11 is 0. The van der Waals surface area contributed by atoms with Gasteiger partial charge in [0.05, 0.1) is 19.3 Å². The van der Waals surface area contributed by atoms with E-state index in [1.807, 2.05) is 30.3 Å². The van der Waals surface area contributed by atoms with E-state index in [9.17, 15) is 9.90 Å². The van der Waals surface area contributed by atoms with Crippen LogP contribution in [0, 0.1) is 0 Å². The quantitative estimate of drug-likeness (QED) is 0.839. The molecule has 0 aliphatic carbocycles. The average molecular weight is 251 g/mol. The Balaban J connectivity index is 1.82. The second-order valence-electron chi connectivity index (χ2n) is 4.51. The van der Waals surface area contributed by atoms with Gasteiger partial charge in [0.15, 0.2) is 0 Å². The molecule has 98 valence electrons. The third-order valence-electron chi connectivity index (χ3n) is 3.08. The number of hydrogen-bond donors (Lipinski definition) is 2. The lowest BCUT2D eigenvalue weighted by Crippen LogP contribution is -2.68. The van der Waals surface area contributed by atoms with Crippen LogP contribution in [0.1, 0.15) is 12.5 Å². The number of rotatable bonds is 4. The fourth-order valence-electron chi connectivity index (χ4n) is 1.70. The highest BCUT2D eigenvalue weighted by molar-refractivity contribution is 5.68. The van der Waals surface area contributed by atoms with Crippen molar-refractivity contribution in [3.8, 4) is 0 Å². The zero-order valence-corrected chi connectivity index (χ0v) is 10.3. The maximum atomic E-state index is 11.6. The molecule has 0 radical (unpaired) electrons. The van der Waals surface area contributed by atoms with Gasteiger partial charge in [0.2, 0.25) is 0 Å². The van der Waals surface area contributed by atoms with Gasteiger partial charge in [0.1, 0.15) is 12.1 Å². The predicted molar refractivity (Wildman–Crippen MR) is 65.0 cm³/mol. The summed E-state index contributed by atoms with van der Waals surface area (Å²) in [6.07, 6.45) is -1.21. The topological polar surface area (TPSA) is 67.8 Å². The molecule has 0 aromatic heterocycles. The number of aliphatic hydroxyl groups is 1. The van der Waals surface area contributed by atoms with E-state index in [-0.39, 0.29) is 6.61 Å². The fourth-order valence-corrected chi connectivity index (χ4v) is 1.70. The van der Waals surface area contributed by atoms with Crippen molar-refractivity contribution in [2.45, 2.75) is 25.2 Å². The van der Waals surface area contributed by atoms with Crippen LogP contribution in [0.4, 0.5) is 4.79 Å². The zero-order valence-electron chi connectivity index (χ0n) is 10.3. The number of benzene rings is 1. The maximum absolute atomic E-state index is 11.6. The molecular weight excluding hydrogens is 234 g/mol. The van der Waals surface area contributed by atoms with Crippen LogP contribution >= 0.6 is 0 Å². The zero-order chi connectivity index (χ0) is 13.0. The van der Waals surface area contributed by atoms with E-state index in [1.54, 1.807) is 6.92 Å². The Labute approximate surface area is 106 Å². The van der Waals surface area contributed by atoms with Crippen LogP contribution in [0.25, 0.3) is 0 Å². The largest absolute Gasteiger partial charge is 0.445 e. The predicted octanol–water partition coefficient (Wildman–Crippen LogP) is 1.06. The molecule has 5 heteroatoms. The third-order valence-corrected chi connectivity index (χ3v) is 3.08. The SMILES string of the molecule is CC(O)C1(NC(=O)OCc2ccccc2)COC1. The first-order chi connectivity index (χ1) is 8.62. The highest BCUT2D eigenvalue weighted by atomic mass is 16.6. The minimum Gasteiger partial charge on any atom is -0.445 e. The molecule has 18 heavy (non-hydrogen) atoms. The van der Waals surface area contributed by atoms with Crippen LogP contribution in [-0.2, 0) is 16.1 Å². The Morgan fingerprint density at radius 1 is 1.50 bits per heavy atom. The molecule has 0 saturated carbocycles. The molecule has 1 saturated heterocycles. The highest BCUT2D eigenvalue weighted by Crippen LogP contribution is 2.21. The first-order valence-corrected chi connectivity index (χ1v) is 5.87. The van der Waals surface area contributed by atoms with Crippen molar-refractivity contribution in [3.63, 3.8) is 0 Å². The summed E-state index contributed by atoms with van der Waals surface area (Å²) in [4.78, 5) is 11.6. The van der Waals surface area contributed by atoms with Crippen molar-refractivity contribution >= 4 is 6.09 Å². The number of alkyl carbamates (subject to hydrolysis) is 1. The minimum atomic E-state index is -0.701. The smallest absolute Gasteiger partial charge is 0.408 e. The molecule has 1 aliphatic heterocycles. The number of nitrogens with one attached hydrogen (secondary N) is 1. The maximum Gasteiger partial charge on any atom is 0.408 e. The van der Waals surface area contributed by atoms with E-state index < -0.39 is 17.7 Å². The second kappa shape index (κ2) is 5.37. The van der Waals surface area contributed by atoms with Crippen LogP contribution in [0.5, 0.6) is 0 Å². The second-order valence-corrected chi connectivity index (χ2v) is 4.51. The van der Waals surface area contributed by atoms with E-state index in [2.05, 4.69) is 5.32 Å². The van der Waals surface area contributed by atoms with Gasteiger partial charge in [-0.1, -0.05) is 30.3 Å².